The molecule has 4 rings (SSSR count). The Balaban J connectivity index is 1.65. The number of oxime groups is 1. The SMILES string of the molecule is CCOC(=O)C(C#N)=NOC(=O)c1ccc2[nH]c(-c3cc(N)nc4nc(C)[nH]c34)cc2c1. The van der Waals surface area contributed by atoms with E-state index in [-0.39, 0.29) is 12.2 Å². The summed E-state index contributed by atoms with van der Waals surface area (Å²) in [5.41, 5.74) is 9.01. The number of aromatic amines is 2. The van der Waals surface area contributed by atoms with Gasteiger partial charge in [0.2, 0.25) is 0 Å². The lowest BCUT2D eigenvalue weighted by Gasteiger charge is -2.01. The summed E-state index contributed by atoms with van der Waals surface area (Å²) in [6, 6.07) is 9.95. The summed E-state index contributed by atoms with van der Waals surface area (Å²) in [6.45, 7) is 3.47. The van der Waals surface area contributed by atoms with Crippen LogP contribution in [0.1, 0.15) is 23.1 Å². The van der Waals surface area contributed by atoms with E-state index in [0.29, 0.717) is 17.3 Å². The Labute approximate surface area is 180 Å². The molecule has 1 aromatic carbocycles. The van der Waals surface area contributed by atoms with Crippen molar-refractivity contribution in [1.29, 1.82) is 5.26 Å². The number of rotatable bonds is 5. The van der Waals surface area contributed by atoms with Crippen molar-refractivity contribution in [3.8, 4) is 17.3 Å². The van der Waals surface area contributed by atoms with Crippen molar-refractivity contribution in [2.45, 2.75) is 13.8 Å². The minimum Gasteiger partial charge on any atom is -0.461 e. The maximum Gasteiger partial charge on any atom is 0.371 e. The summed E-state index contributed by atoms with van der Waals surface area (Å²) < 4.78 is 4.67. The predicted molar refractivity (Wildman–Crippen MR) is 115 cm³/mol. The van der Waals surface area contributed by atoms with Crippen LogP contribution in [-0.4, -0.2) is 44.2 Å². The normalized spacial score (nSPS) is 11.5. The number of nitrogens with zero attached hydrogens (tertiary/aromatic N) is 4. The van der Waals surface area contributed by atoms with Gasteiger partial charge in [0.25, 0.3) is 5.71 Å². The largest absolute Gasteiger partial charge is 0.461 e. The molecule has 4 N–H and O–H groups in total. The lowest BCUT2D eigenvalue weighted by molar-refractivity contribution is -0.135. The summed E-state index contributed by atoms with van der Waals surface area (Å²) in [5, 5.41) is 13.0. The second-order valence-corrected chi connectivity index (χ2v) is 6.75. The molecule has 0 bridgehead atoms. The number of benzene rings is 1. The molecule has 0 unspecified atom stereocenters. The molecule has 4 aromatic rings. The zero-order valence-corrected chi connectivity index (χ0v) is 17.1. The van der Waals surface area contributed by atoms with Crippen molar-refractivity contribution in [1.82, 2.24) is 19.9 Å². The molecule has 0 atom stereocenters. The number of aryl methyl sites for hydroxylation is 1. The molecule has 0 aliphatic rings. The van der Waals surface area contributed by atoms with Gasteiger partial charge in [-0.25, -0.2) is 19.6 Å². The quantitative estimate of drug-likeness (QED) is 0.187. The number of aromatic nitrogens is 4. The first-order chi connectivity index (χ1) is 15.4. The third-order valence-electron chi connectivity index (χ3n) is 4.54. The number of pyridine rings is 1. The third-order valence-corrected chi connectivity index (χ3v) is 4.54. The molecule has 0 saturated carbocycles. The monoisotopic (exact) mass is 431 g/mol. The van der Waals surface area contributed by atoms with E-state index < -0.39 is 17.7 Å². The van der Waals surface area contributed by atoms with Crippen LogP contribution >= 0.6 is 0 Å². The Morgan fingerprint density at radius 2 is 2.03 bits per heavy atom. The second-order valence-electron chi connectivity index (χ2n) is 6.75. The van der Waals surface area contributed by atoms with Gasteiger partial charge in [0.15, 0.2) is 5.65 Å². The van der Waals surface area contributed by atoms with Crippen LogP contribution in [0, 0.1) is 18.3 Å². The molecule has 0 aliphatic heterocycles. The standard InChI is InChI=1S/C21H17N7O4/c1-3-31-21(30)16(9-22)28-32-20(29)11-4-5-14-12(6-11)7-15(26-14)13-8-17(23)27-19-18(13)24-10(2)25-19/h4-8,26H,3H2,1-2H3,(H3,23,24,25,27). The van der Waals surface area contributed by atoms with Crippen LogP contribution in [0.15, 0.2) is 35.5 Å². The highest BCUT2D eigenvalue weighted by molar-refractivity contribution is 6.42. The van der Waals surface area contributed by atoms with Gasteiger partial charge in [-0.1, -0.05) is 5.16 Å². The number of fused-ring (bicyclic) bond motifs is 2. The van der Waals surface area contributed by atoms with Gasteiger partial charge in [-0.2, -0.15) is 5.26 Å². The summed E-state index contributed by atoms with van der Waals surface area (Å²) >= 11 is 0. The number of nitrogens with one attached hydrogen (secondary N) is 2. The Morgan fingerprint density at radius 1 is 1.22 bits per heavy atom. The third kappa shape index (κ3) is 3.84. The van der Waals surface area contributed by atoms with Crippen molar-refractivity contribution in [2.24, 2.45) is 5.16 Å². The van der Waals surface area contributed by atoms with Crippen LogP contribution in [-0.2, 0) is 14.4 Å². The van der Waals surface area contributed by atoms with E-state index in [0.717, 1.165) is 27.7 Å². The molecule has 0 saturated heterocycles. The van der Waals surface area contributed by atoms with Gasteiger partial charge >= 0.3 is 11.9 Å². The lowest BCUT2D eigenvalue weighted by atomic mass is 10.1. The Hall–Kier alpha value is -4.72. The number of hydrogen-bond acceptors (Lipinski definition) is 9. The van der Waals surface area contributed by atoms with Crippen molar-refractivity contribution in [3.05, 3.63) is 41.7 Å². The molecule has 0 spiro atoms. The Bertz CT molecular complexity index is 1440. The van der Waals surface area contributed by atoms with E-state index in [1.165, 1.54) is 12.1 Å². The van der Waals surface area contributed by atoms with Crippen molar-refractivity contribution >= 4 is 45.5 Å². The number of imidazole rings is 1. The summed E-state index contributed by atoms with van der Waals surface area (Å²) in [7, 11) is 0. The Morgan fingerprint density at radius 3 is 2.78 bits per heavy atom. The number of nitriles is 1. The zero-order chi connectivity index (χ0) is 22.8. The van der Waals surface area contributed by atoms with Gasteiger partial charge in [0, 0.05) is 22.2 Å². The van der Waals surface area contributed by atoms with Crippen molar-refractivity contribution in [2.75, 3.05) is 12.3 Å². The fourth-order valence-electron chi connectivity index (χ4n) is 3.18. The van der Waals surface area contributed by atoms with Crippen LogP contribution < -0.4 is 5.73 Å². The van der Waals surface area contributed by atoms with Crippen LogP contribution in [0.5, 0.6) is 0 Å². The number of esters is 1. The van der Waals surface area contributed by atoms with Gasteiger partial charge in [-0.15, -0.1) is 0 Å². The second kappa shape index (κ2) is 8.19. The van der Waals surface area contributed by atoms with E-state index in [1.807, 2.05) is 13.0 Å². The molecule has 3 aromatic heterocycles. The van der Waals surface area contributed by atoms with Crippen LogP contribution in [0.4, 0.5) is 5.82 Å². The van der Waals surface area contributed by atoms with E-state index in [9.17, 15) is 9.59 Å². The number of nitrogen functional groups attached to an aromatic ring is 1. The minimum absolute atomic E-state index is 0.0630. The average molecular weight is 431 g/mol. The average Bonchev–Trinajstić information content (AvgIpc) is 3.35. The first-order valence-corrected chi connectivity index (χ1v) is 9.52. The first-order valence-electron chi connectivity index (χ1n) is 9.52. The van der Waals surface area contributed by atoms with E-state index >= 15 is 0 Å². The van der Waals surface area contributed by atoms with Gasteiger partial charge < -0.3 is 25.3 Å². The highest BCUT2D eigenvalue weighted by Gasteiger charge is 2.17. The molecule has 0 radical (unpaired) electrons. The maximum atomic E-state index is 12.3. The number of carbonyl (C=O) groups is 2. The number of hydrogen-bond donors (Lipinski definition) is 3. The van der Waals surface area contributed by atoms with Crippen molar-refractivity contribution in [3.63, 3.8) is 0 Å². The molecule has 3 heterocycles. The number of H-pyrrole nitrogens is 2. The van der Waals surface area contributed by atoms with Crippen LogP contribution in [0.2, 0.25) is 0 Å². The van der Waals surface area contributed by atoms with Crippen LogP contribution in [0.25, 0.3) is 33.3 Å². The summed E-state index contributed by atoms with van der Waals surface area (Å²) in [6.07, 6.45) is 0. The van der Waals surface area contributed by atoms with Crippen molar-refractivity contribution < 1.29 is 19.2 Å². The molecule has 11 heteroatoms. The topological polar surface area (TPSA) is 172 Å². The molecular formula is C21H17N7O4. The van der Waals surface area contributed by atoms with Gasteiger partial charge in [-0.3, -0.25) is 0 Å². The highest BCUT2D eigenvalue weighted by atomic mass is 16.7. The van der Waals surface area contributed by atoms with E-state index in [2.05, 4.69) is 29.8 Å². The first kappa shape index (κ1) is 20.5. The molecule has 0 aliphatic carbocycles. The van der Waals surface area contributed by atoms with E-state index in [1.54, 1.807) is 25.1 Å². The zero-order valence-electron chi connectivity index (χ0n) is 17.1. The Kier molecular flexibility index (Phi) is 5.26. The molecule has 11 nitrogen and oxygen atoms in total. The summed E-state index contributed by atoms with van der Waals surface area (Å²) in [5.74, 6) is -0.757. The molecule has 0 fully saturated rings. The van der Waals surface area contributed by atoms with Gasteiger partial charge in [-0.05, 0) is 44.2 Å². The highest BCUT2D eigenvalue weighted by Crippen LogP contribution is 2.30. The molecule has 160 valence electrons. The molecule has 32 heavy (non-hydrogen) atoms. The fraction of sp³-hybridized carbons (Fsp3) is 0.143. The minimum atomic E-state index is -0.967. The van der Waals surface area contributed by atoms with E-state index in [4.69, 9.17) is 15.8 Å². The predicted octanol–water partition coefficient (Wildman–Crippen LogP) is 2.60. The van der Waals surface area contributed by atoms with Gasteiger partial charge in [0.05, 0.1) is 17.7 Å². The van der Waals surface area contributed by atoms with Gasteiger partial charge in [0.1, 0.15) is 17.7 Å². The fourth-order valence-corrected chi connectivity index (χ4v) is 3.18. The smallest absolute Gasteiger partial charge is 0.371 e. The summed E-state index contributed by atoms with van der Waals surface area (Å²) in [4.78, 5) is 43.7. The molecule has 0 amide bonds. The number of carbonyl (C=O) groups excluding carboxylic acids is 2. The number of anilines is 1. The molecular weight excluding hydrogens is 414 g/mol. The number of nitrogens with two attached hydrogens (primary N) is 1. The lowest BCUT2D eigenvalue weighted by Crippen LogP contribution is -2.17. The van der Waals surface area contributed by atoms with Crippen LogP contribution in [0.3, 0.4) is 0 Å². The maximum absolute atomic E-state index is 12.3. The number of ether oxygens (including phenoxy) is 1.